The Morgan fingerprint density at radius 2 is 2.10 bits per heavy atom. The largest absolute Gasteiger partial charge is 0.484 e. The molecule has 0 bridgehead atoms. The summed E-state index contributed by atoms with van der Waals surface area (Å²) in [5.41, 5.74) is 0. The van der Waals surface area contributed by atoms with Crippen molar-refractivity contribution < 1.29 is 18.7 Å². The minimum absolute atomic E-state index is 0.109. The lowest BCUT2D eigenvalue weighted by Gasteiger charge is -2.06. The molecule has 0 aliphatic rings. The molecular formula is C15H12Cl2O4. The standard InChI is InChI=1S/C15H12Cl2O4/c1-2-7-19-15(18)14-6-4-11(21-14)9-20-13-5-3-10(16)8-12(13)17/h2-6,8H,1,7,9H2. The van der Waals surface area contributed by atoms with Crippen LogP contribution in [0, 0.1) is 0 Å². The van der Waals surface area contributed by atoms with Crippen molar-refractivity contribution in [3.8, 4) is 5.75 Å². The van der Waals surface area contributed by atoms with Gasteiger partial charge in [0.05, 0.1) is 5.02 Å². The number of furan rings is 1. The van der Waals surface area contributed by atoms with Crippen LogP contribution in [0.3, 0.4) is 0 Å². The number of hydrogen-bond donors (Lipinski definition) is 0. The maximum atomic E-state index is 11.5. The number of halogens is 2. The van der Waals surface area contributed by atoms with Gasteiger partial charge in [-0.1, -0.05) is 35.9 Å². The van der Waals surface area contributed by atoms with E-state index in [1.807, 2.05) is 0 Å². The predicted octanol–water partition coefficient (Wildman–Crippen LogP) is 4.51. The summed E-state index contributed by atoms with van der Waals surface area (Å²) < 4.78 is 15.7. The van der Waals surface area contributed by atoms with E-state index in [9.17, 15) is 4.79 Å². The second-order valence-corrected chi connectivity index (χ2v) is 4.86. The van der Waals surface area contributed by atoms with E-state index in [-0.39, 0.29) is 19.0 Å². The van der Waals surface area contributed by atoms with Gasteiger partial charge in [-0.05, 0) is 30.3 Å². The van der Waals surface area contributed by atoms with Gasteiger partial charge in [-0.15, -0.1) is 0 Å². The third-order valence-electron chi connectivity index (χ3n) is 2.46. The summed E-state index contributed by atoms with van der Waals surface area (Å²) in [4.78, 5) is 11.5. The van der Waals surface area contributed by atoms with Crippen molar-refractivity contribution >= 4 is 29.2 Å². The second-order valence-electron chi connectivity index (χ2n) is 4.02. The van der Waals surface area contributed by atoms with Crippen LogP contribution in [0.5, 0.6) is 5.75 Å². The van der Waals surface area contributed by atoms with E-state index in [0.29, 0.717) is 21.6 Å². The van der Waals surface area contributed by atoms with Gasteiger partial charge in [-0.25, -0.2) is 4.79 Å². The molecule has 0 N–H and O–H groups in total. The van der Waals surface area contributed by atoms with Gasteiger partial charge in [0, 0.05) is 5.02 Å². The van der Waals surface area contributed by atoms with Gasteiger partial charge in [0.25, 0.3) is 0 Å². The first-order valence-electron chi connectivity index (χ1n) is 6.04. The number of ether oxygens (including phenoxy) is 2. The first kappa shape index (κ1) is 15.5. The van der Waals surface area contributed by atoms with Crippen LogP contribution in [0.2, 0.25) is 10.0 Å². The van der Waals surface area contributed by atoms with Crippen molar-refractivity contribution in [2.75, 3.05) is 6.61 Å². The first-order valence-corrected chi connectivity index (χ1v) is 6.80. The van der Waals surface area contributed by atoms with E-state index in [2.05, 4.69) is 6.58 Å². The summed E-state index contributed by atoms with van der Waals surface area (Å²) >= 11 is 11.8. The minimum atomic E-state index is -0.550. The monoisotopic (exact) mass is 326 g/mol. The minimum Gasteiger partial charge on any atom is -0.484 e. The topological polar surface area (TPSA) is 48.7 Å². The quantitative estimate of drug-likeness (QED) is 0.579. The van der Waals surface area contributed by atoms with Crippen molar-refractivity contribution in [3.05, 3.63) is 64.6 Å². The third-order valence-corrected chi connectivity index (χ3v) is 2.99. The molecule has 6 heteroatoms. The van der Waals surface area contributed by atoms with Gasteiger partial charge in [-0.3, -0.25) is 0 Å². The molecule has 4 nitrogen and oxygen atoms in total. The SMILES string of the molecule is C=CCOC(=O)c1ccc(COc2ccc(Cl)cc2Cl)o1. The van der Waals surface area contributed by atoms with Crippen LogP contribution < -0.4 is 4.74 Å². The zero-order valence-electron chi connectivity index (χ0n) is 11.0. The Morgan fingerprint density at radius 1 is 1.29 bits per heavy atom. The molecule has 21 heavy (non-hydrogen) atoms. The molecule has 0 saturated heterocycles. The molecule has 0 amide bonds. The fourth-order valence-corrected chi connectivity index (χ4v) is 1.98. The lowest BCUT2D eigenvalue weighted by atomic mass is 10.3. The van der Waals surface area contributed by atoms with Gasteiger partial charge < -0.3 is 13.9 Å². The van der Waals surface area contributed by atoms with E-state index < -0.39 is 5.97 Å². The number of benzene rings is 1. The fourth-order valence-electron chi connectivity index (χ4n) is 1.51. The molecule has 1 heterocycles. The fraction of sp³-hybridized carbons (Fsp3) is 0.133. The second kappa shape index (κ2) is 7.20. The maximum Gasteiger partial charge on any atom is 0.374 e. The average Bonchev–Trinajstić information content (AvgIpc) is 2.93. The molecule has 0 atom stereocenters. The molecule has 0 spiro atoms. The van der Waals surface area contributed by atoms with Crippen LogP contribution in [0.4, 0.5) is 0 Å². The Labute approximate surface area is 131 Å². The maximum absolute atomic E-state index is 11.5. The van der Waals surface area contributed by atoms with Crippen LogP contribution in [-0.2, 0) is 11.3 Å². The number of carbonyl (C=O) groups is 1. The summed E-state index contributed by atoms with van der Waals surface area (Å²) in [6.45, 7) is 3.72. The highest BCUT2D eigenvalue weighted by Gasteiger charge is 2.12. The summed E-state index contributed by atoms with van der Waals surface area (Å²) in [7, 11) is 0. The summed E-state index contributed by atoms with van der Waals surface area (Å²) in [6, 6.07) is 8.07. The van der Waals surface area contributed by atoms with Crippen molar-refractivity contribution in [2.45, 2.75) is 6.61 Å². The summed E-state index contributed by atoms with van der Waals surface area (Å²) in [5.74, 6) is 0.517. The van der Waals surface area contributed by atoms with E-state index in [0.717, 1.165) is 0 Å². The smallest absolute Gasteiger partial charge is 0.374 e. The molecular weight excluding hydrogens is 315 g/mol. The van der Waals surface area contributed by atoms with Gasteiger partial charge in [0.1, 0.15) is 24.7 Å². The van der Waals surface area contributed by atoms with Crippen LogP contribution in [0.1, 0.15) is 16.3 Å². The molecule has 110 valence electrons. The highest BCUT2D eigenvalue weighted by atomic mass is 35.5. The molecule has 2 aromatic rings. The number of esters is 1. The first-order chi connectivity index (χ1) is 10.1. The van der Waals surface area contributed by atoms with Gasteiger partial charge in [0.2, 0.25) is 5.76 Å². The van der Waals surface area contributed by atoms with Gasteiger partial charge in [0.15, 0.2) is 0 Å². The highest BCUT2D eigenvalue weighted by molar-refractivity contribution is 6.35. The van der Waals surface area contributed by atoms with Crippen LogP contribution in [0.15, 0.2) is 47.4 Å². The van der Waals surface area contributed by atoms with Crippen LogP contribution in [-0.4, -0.2) is 12.6 Å². The third kappa shape index (κ3) is 4.28. The molecule has 0 radical (unpaired) electrons. The normalized spacial score (nSPS) is 10.2. The van der Waals surface area contributed by atoms with Gasteiger partial charge in [-0.2, -0.15) is 0 Å². The molecule has 2 rings (SSSR count). The van der Waals surface area contributed by atoms with E-state index in [4.69, 9.17) is 37.1 Å². The zero-order valence-corrected chi connectivity index (χ0v) is 12.5. The highest BCUT2D eigenvalue weighted by Crippen LogP contribution is 2.28. The Kier molecular flexibility index (Phi) is 5.31. The molecule has 0 aliphatic heterocycles. The van der Waals surface area contributed by atoms with Crippen molar-refractivity contribution in [2.24, 2.45) is 0 Å². The van der Waals surface area contributed by atoms with Gasteiger partial charge >= 0.3 is 5.97 Å². The van der Waals surface area contributed by atoms with E-state index >= 15 is 0 Å². The molecule has 0 aliphatic carbocycles. The molecule has 0 saturated carbocycles. The Balaban J connectivity index is 1.96. The summed E-state index contributed by atoms with van der Waals surface area (Å²) in [5, 5.41) is 0.928. The molecule has 0 unspecified atom stereocenters. The Hall–Kier alpha value is -1.91. The van der Waals surface area contributed by atoms with Crippen LogP contribution >= 0.6 is 23.2 Å². The molecule has 1 aromatic carbocycles. The van der Waals surface area contributed by atoms with Crippen molar-refractivity contribution in [1.82, 2.24) is 0 Å². The van der Waals surface area contributed by atoms with Crippen molar-refractivity contribution in [1.29, 1.82) is 0 Å². The number of rotatable bonds is 6. The van der Waals surface area contributed by atoms with Crippen LogP contribution in [0.25, 0.3) is 0 Å². The average molecular weight is 327 g/mol. The molecule has 0 fully saturated rings. The summed E-state index contributed by atoms with van der Waals surface area (Å²) in [6.07, 6.45) is 1.48. The lowest BCUT2D eigenvalue weighted by molar-refractivity contribution is 0.0509. The number of hydrogen-bond acceptors (Lipinski definition) is 4. The molecule has 1 aromatic heterocycles. The Bertz CT molecular complexity index is 649. The number of carbonyl (C=O) groups excluding carboxylic acids is 1. The van der Waals surface area contributed by atoms with E-state index in [1.54, 1.807) is 24.3 Å². The van der Waals surface area contributed by atoms with Crippen molar-refractivity contribution in [3.63, 3.8) is 0 Å². The van der Waals surface area contributed by atoms with E-state index in [1.165, 1.54) is 12.1 Å². The predicted molar refractivity (Wildman–Crippen MR) is 80.0 cm³/mol. The lowest BCUT2D eigenvalue weighted by Crippen LogP contribution is -2.03. The zero-order chi connectivity index (χ0) is 15.2. The Morgan fingerprint density at radius 3 is 2.81 bits per heavy atom.